The van der Waals surface area contributed by atoms with Gasteiger partial charge in [-0.25, -0.2) is 0 Å². The molecule has 0 radical (unpaired) electrons. The number of nitro groups is 1. The highest BCUT2D eigenvalue weighted by Gasteiger charge is 2.36. The number of likely N-dealkylation sites (tertiary alicyclic amines) is 1. The molecule has 2 aliphatic rings. The van der Waals surface area contributed by atoms with Gasteiger partial charge in [0, 0.05) is 29.7 Å². The molecular weight excluding hydrogens is 394 g/mol. The van der Waals surface area contributed by atoms with E-state index < -0.39 is 4.92 Å². The lowest BCUT2D eigenvalue weighted by atomic mass is 9.79. The van der Waals surface area contributed by atoms with Gasteiger partial charge in [0.2, 0.25) is 0 Å². The van der Waals surface area contributed by atoms with Gasteiger partial charge in [-0.05, 0) is 43.8 Å². The summed E-state index contributed by atoms with van der Waals surface area (Å²) in [5.74, 6) is 1.50. The normalized spacial score (nSPS) is 21.0. The van der Waals surface area contributed by atoms with Gasteiger partial charge in [-0.2, -0.15) is 0 Å². The molecule has 7 nitrogen and oxygen atoms in total. The second-order valence-corrected chi connectivity index (χ2v) is 7.83. The van der Waals surface area contributed by atoms with Gasteiger partial charge in [0.25, 0.3) is 5.69 Å². The molecule has 0 amide bonds. The Balaban J connectivity index is 1.92. The van der Waals surface area contributed by atoms with Gasteiger partial charge in [-0.3, -0.25) is 15.1 Å². The number of halogens is 1. The van der Waals surface area contributed by atoms with E-state index in [1.807, 2.05) is 12.1 Å². The highest BCUT2D eigenvalue weighted by Crippen LogP contribution is 2.42. The molecule has 0 aromatic heterocycles. The first-order valence-corrected chi connectivity index (χ1v) is 9.77. The summed E-state index contributed by atoms with van der Waals surface area (Å²) in [7, 11) is 5.32. The van der Waals surface area contributed by atoms with Gasteiger partial charge >= 0.3 is 0 Å². The number of likely N-dealkylation sites (N-methyl/N-ethyl adjacent to an activating group) is 1. The van der Waals surface area contributed by atoms with Crippen molar-refractivity contribution < 1.29 is 14.4 Å². The number of hydrogen-bond donors (Lipinski definition) is 0. The Morgan fingerprint density at radius 2 is 1.93 bits per heavy atom. The summed E-state index contributed by atoms with van der Waals surface area (Å²) in [4.78, 5) is 18.3. The Labute approximate surface area is 174 Å². The minimum atomic E-state index is -0.469. The predicted molar refractivity (Wildman–Crippen MR) is 112 cm³/mol. The third-order valence-electron chi connectivity index (χ3n) is 5.70. The van der Waals surface area contributed by atoms with E-state index in [-0.39, 0.29) is 22.7 Å². The molecule has 1 fully saturated rings. The molecule has 2 aromatic rings. The van der Waals surface area contributed by atoms with Gasteiger partial charge < -0.3 is 14.4 Å². The first-order valence-electron chi connectivity index (χ1n) is 9.40. The van der Waals surface area contributed by atoms with Crippen molar-refractivity contribution in [2.75, 3.05) is 34.4 Å². The average molecular weight is 416 g/mol. The van der Waals surface area contributed by atoms with E-state index in [1.54, 1.807) is 26.4 Å². The van der Waals surface area contributed by atoms with Gasteiger partial charge in [0.1, 0.15) is 5.02 Å². The first kappa shape index (κ1) is 19.7. The van der Waals surface area contributed by atoms with Crippen LogP contribution in [0.3, 0.4) is 0 Å². The number of methoxy groups -OCH3 is 2. The fourth-order valence-corrected chi connectivity index (χ4v) is 4.42. The zero-order valence-electron chi connectivity index (χ0n) is 16.5. The molecule has 4 rings (SSSR count). The standard InChI is InChI=1S/C21H22ClN3O4/c1-24-7-6-17-15(11-24)13-9-19(28-2)20(29-3)10-14(13)21(23-17)12-4-5-16(22)18(8-12)25(26)27/h4-5,8-10,15,17H,6-7,11H2,1-3H3/t15-,17-/m1/s1. The molecule has 0 aliphatic carbocycles. The van der Waals surface area contributed by atoms with Crippen LogP contribution in [0.1, 0.15) is 29.0 Å². The zero-order valence-corrected chi connectivity index (χ0v) is 17.3. The molecule has 0 N–H and O–H groups in total. The summed E-state index contributed by atoms with van der Waals surface area (Å²) in [5, 5.41) is 11.5. The second-order valence-electron chi connectivity index (χ2n) is 7.42. The fraction of sp³-hybridized carbons (Fsp3) is 0.381. The molecule has 29 heavy (non-hydrogen) atoms. The van der Waals surface area contributed by atoms with Crippen molar-refractivity contribution in [1.29, 1.82) is 0 Å². The topological polar surface area (TPSA) is 77.2 Å². The summed E-state index contributed by atoms with van der Waals surface area (Å²) in [6.07, 6.45) is 0.925. The van der Waals surface area contributed by atoms with Crippen LogP contribution in [0.15, 0.2) is 35.3 Å². The molecule has 2 atom stereocenters. The smallest absolute Gasteiger partial charge is 0.288 e. The van der Waals surface area contributed by atoms with E-state index in [2.05, 4.69) is 11.9 Å². The van der Waals surface area contributed by atoms with Crippen LogP contribution in [-0.2, 0) is 0 Å². The molecule has 2 aliphatic heterocycles. The molecule has 152 valence electrons. The number of hydrogen-bond acceptors (Lipinski definition) is 6. The third-order valence-corrected chi connectivity index (χ3v) is 6.02. The number of rotatable bonds is 4. The number of nitrogens with zero attached hydrogens (tertiary/aromatic N) is 3. The van der Waals surface area contributed by atoms with E-state index in [1.165, 1.54) is 6.07 Å². The number of ether oxygens (including phenoxy) is 2. The van der Waals surface area contributed by atoms with Crippen LogP contribution in [0.5, 0.6) is 11.5 Å². The van der Waals surface area contributed by atoms with Crippen LogP contribution < -0.4 is 9.47 Å². The molecule has 0 bridgehead atoms. The summed E-state index contributed by atoms with van der Waals surface area (Å²) in [6, 6.07) is 8.88. The van der Waals surface area contributed by atoms with Crippen molar-refractivity contribution in [2.24, 2.45) is 4.99 Å². The number of aliphatic imine (C=N–C) groups is 1. The highest BCUT2D eigenvalue weighted by atomic mass is 35.5. The highest BCUT2D eigenvalue weighted by molar-refractivity contribution is 6.33. The van der Waals surface area contributed by atoms with E-state index >= 15 is 0 Å². The van der Waals surface area contributed by atoms with Crippen LogP contribution in [0.4, 0.5) is 5.69 Å². The number of benzene rings is 2. The summed E-state index contributed by atoms with van der Waals surface area (Å²) in [5.41, 5.74) is 3.32. The monoisotopic (exact) mass is 415 g/mol. The van der Waals surface area contributed by atoms with Gasteiger partial charge in [0.05, 0.1) is 30.9 Å². The lowest BCUT2D eigenvalue weighted by Gasteiger charge is -2.39. The maximum Gasteiger partial charge on any atom is 0.288 e. The summed E-state index contributed by atoms with van der Waals surface area (Å²) in [6.45, 7) is 1.85. The Hall–Kier alpha value is -2.64. The van der Waals surface area contributed by atoms with Crippen molar-refractivity contribution in [3.63, 3.8) is 0 Å². The van der Waals surface area contributed by atoms with Crippen molar-refractivity contribution in [2.45, 2.75) is 18.4 Å². The molecule has 8 heteroatoms. The number of fused-ring (bicyclic) bond motifs is 3. The van der Waals surface area contributed by atoms with Crippen LogP contribution >= 0.6 is 11.6 Å². The van der Waals surface area contributed by atoms with Gasteiger partial charge in [-0.1, -0.05) is 17.7 Å². The maximum absolute atomic E-state index is 11.4. The van der Waals surface area contributed by atoms with E-state index in [4.69, 9.17) is 26.1 Å². The van der Waals surface area contributed by atoms with Gasteiger partial charge in [-0.15, -0.1) is 0 Å². The molecule has 2 aromatic carbocycles. The first-order chi connectivity index (χ1) is 13.9. The maximum atomic E-state index is 11.4. The molecule has 2 heterocycles. The fourth-order valence-electron chi connectivity index (χ4n) is 4.23. The quantitative estimate of drug-likeness (QED) is 0.559. The van der Waals surface area contributed by atoms with Crippen molar-refractivity contribution in [1.82, 2.24) is 4.90 Å². The van der Waals surface area contributed by atoms with Crippen molar-refractivity contribution >= 4 is 23.0 Å². The summed E-state index contributed by atoms with van der Waals surface area (Å²) >= 11 is 6.02. The van der Waals surface area contributed by atoms with Crippen molar-refractivity contribution in [3.8, 4) is 11.5 Å². The summed E-state index contributed by atoms with van der Waals surface area (Å²) < 4.78 is 11.0. The second kappa shape index (κ2) is 7.65. The Morgan fingerprint density at radius 1 is 1.21 bits per heavy atom. The third kappa shape index (κ3) is 3.45. The molecular formula is C21H22ClN3O4. The minimum absolute atomic E-state index is 0.111. The molecule has 0 spiro atoms. The Morgan fingerprint density at radius 3 is 2.62 bits per heavy atom. The van der Waals surface area contributed by atoms with Gasteiger partial charge in [0.15, 0.2) is 11.5 Å². The SMILES string of the molecule is COc1cc2c(cc1OC)[C@H]1CN(C)CC[C@H]1N=C2c1ccc(Cl)c([N+](=O)[O-])c1. The largest absolute Gasteiger partial charge is 0.493 e. The van der Waals surface area contributed by atoms with E-state index in [0.29, 0.717) is 17.1 Å². The minimum Gasteiger partial charge on any atom is -0.493 e. The molecule has 1 saturated heterocycles. The average Bonchev–Trinajstić information content (AvgIpc) is 2.72. The molecule has 0 saturated carbocycles. The zero-order chi connectivity index (χ0) is 20.7. The lowest BCUT2D eigenvalue weighted by Crippen LogP contribution is -2.41. The van der Waals surface area contributed by atoms with E-state index in [0.717, 1.165) is 36.3 Å². The van der Waals surface area contributed by atoms with Crippen LogP contribution in [0.2, 0.25) is 5.02 Å². The lowest BCUT2D eigenvalue weighted by molar-refractivity contribution is -0.384. The molecule has 0 unspecified atom stereocenters. The predicted octanol–water partition coefficient (Wildman–Crippen LogP) is 3.90. The number of piperidine rings is 1. The Bertz CT molecular complexity index is 1010. The van der Waals surface area contributed by atoms with Crippen LogP contribution in [-0.4, -0.2) is 55.9 Å². The number of nitro benzene ring substituents is 1. The van der Waals surface area contributed by atoms with Crippen molar-refractivity contribution in [3.05, 3.63) is 62.2 Å². The van der Waals surface area contributed by atoms with Crippen LogP contribution in [0.25, 0.3) is 0 Å². The Kier molecular flexibility index (Phi) is 5.19. The van der Waals surface area contributed by atoms with E-state index in [9.17, 15) is 10.1 Å². The van der Waals surface area contributed by atoms with Crippen LogP contribution in [0, 0.1) is 10.1 Å².